The minimum absolute atomic E-state index is 1.10. The van der Waals surface area contributed by atoms with E-state index in [9.17, 15) is 0 Å². The SMILES string of the molecule is CCCCCCCCc1ccc(-c2ccc(-c3ccc(CCCCCC)cc3)cc2)cn1. The van der Waals surface area contributed by atoms with Crippen LogP contribution in [0.15, 0.2) is 66.9 Å². The van der Waals surface area contributed by atoms with Gasteiger partial charge in [0.05, 0.1) is 0 Å². The van der Waals surface area contributed by atoms with Crippen LogP contribution in [0.3, 0.4) is 0 Å². The maximum atomic E-state index is 4.72. The van der Waals surface area contributed by atoms with E-state index in [1.165, 1.54) is 104 Å². The Morgan fingerprint density at radius 1 is 0.469 bits per heavy atom. The van der Waals surface area contributed by atoms with Crippen molar-refractivity contribution in [2.75, 3.05) is 0 Å². The van der Waals surface area contributed by atoms with Crippen LogP contribution in [-0.4, -0.2) is 4.98 Å². The summed E-state index contributed by atoms with van der Waals surface area (Å²) in [6.07, 6.45) is 17.6. The zero-order chi connectivity index (χ0) is 22.4. The molecule has 0 spiro atoms. The summed E-state index contributed by atoms with van der Waals surface area (Å²) in [5.41, 5.74) is 7.68. The molecule has 0 unspecified atom stereocenters. The lowest BCUT2D eigenvalue weighted by Crippen LogP contribution is -1.91. The molecule has 0 N–H and O–H groups in total. The first-order valence-electron chi connectivity index (χ1n) is 12.9. The van der Waals surface area contributed by atoms with Crippen LogP contribution in [0, 0.1) is 0 Å². The summed E-state index contributed by atoms with van der Waals surface area (Å²) in [7, 11) is 0. The van der Waals surface area contributed by atoms with Crippen molar-refractivity contribution in [1.29, 1.82) is 0 Å². The van der Waals surface area contributed by atoms with Gasteiger partial charge in [-0.3, -0.25) is 4.98 Å². The van der Waals surface area contributed by atoms with Gasteiger partial charge in [-0.05, 0) is 54.0 Å². The fourth-order valence-electron chi connectivity index (χ4n) is 4.30. The average molecular weight is 428 g/mol. The highest BCUT2D eigenvalue weighted by atomic mass is 14.7. The molecule has 0 atom stereocenters. The summed E-state index contributed by atoms with van der Waals surface area (Å²) in [5.74, 6) is 0. The fraction of sp³-hybridized carbons (Fsp3) is 0.452. The van der Waals surface area contributed by atoms with Crippen LogP contribution in [0.2, 0.25) is 0 Å². The molecule has 0 aliphatic carbocycles. The monoisotopic (exact) mass is 427 g/mol. The van der Waals surface area contributed by atoms with Crippen LogP contribution >= 0.6 is 0 Å². The molecule has 1 heteroatoms. The molecule has 0 bridgehead atoms. The molecule has 170 valence electrons. The largest absolute Gasteiger partial charge is 0.261 e. The molecule has 3 rings (SSSR count). The number of unbranched alkanes of at least 4 members (excludes halogenated alkanes) is 8. The second-order valence-electron chi connectivity index (χ2n) is 9.14. The summed E-state index contributed by atoms with van der Waals surface area (Å²) in [5, 5.41) is 0. The van der Waals surface area contributed by atoms with Crippen LogP contribution < -0.4 is 0 Å². The maximum Gasteiger partial charge on any atom is 0.0404 e. The Morgan fingerprint density at radius 2 is 0.938 bits per heavy atom. The third kappa shape index (κ3) is 7.93. The summed E-state index contributed by atoms with van der Waals surface area (Å²) in [6.45, 7) is 4.54. The fourth-order valence-corrected chi connectivity index (χ4v) is 4.30. The molecule has 1 aromatic heterocycles. The summed E-state index contributed by atoms with van der Waals surface area (Å²) in [4.78, 5) is 4.72. The molecule has 0 saturated carbocycles. The van der Waals surface area contributed by atoms with Gasteiger partial charge in [-0.1, -0.05) is 120 Å². The van der Waals surface area contributed by atoms with Gasteiger partial charge in [-0.25, -0.2) is 0 Å². The quantitative estimate of drug-likeness (QED) is 0.233. The predicted molar refractivity (Wildman–Crippen MR) is 140 cm³/mol. The average Bonchev–Trinajstić information content (AvgIpc) is 2.85. The number of hydrogen-bond donors (Lipinski definition) is 0. The van der Waals surface area contributed by atoms with Gasteiger partial charge in [-0.15, -0.1) is 0 Å². The lowest BCUT2D eigenvalue weighted by atomic mass is 9.99. The molecule has 0 fully saturated rings. The first-order valence-corrected chi connectivity index (χ1v) is 12.9. The highest BCUT2D eigenvalue weighted by Gasteiger charge is 2.03. The Labute approximate surface area is 196 Å². The summed E-state index contributed by atoms with van der Waals surface area (Å²) in [6, 6.07) is 22.5. The standard InChI is InChI=1S/C31H41N/c1-3-5-7-9-10-12-14-31-24-23-30(25-32-31)29-21-19-28(20-22-29)27-17-15-26(16-18-27)13-11-8-6-4-2/h15-25H,3-14H2,1-2H3. The van der Waals surface area contributed by atoms with Crippen LogP contribution in [0.4, 0.5) is 0 Å². The van der Waals surface area contributed by atoms with Crippen molar-refractivity contribution >= 4 is 0 Å². The van der Waals surface area contributed by atoms with Crippen LogP contribution in [0.1, 0.15) is 89.3 Å². The van der Waals surface area contributed by atoms with E-state index < -0.39 is 0 Å². The van der Waals surface area contributed by atoms with E-state index >= 15 is 0 Å². The topological polar surface area (TPSA) is 12.9 Å². The molecular weight excluding hydrogens is 386 g/mol. The molecule has 0 aliphatic rings. The molecule has 32 heavy (non-hydrogen) atoms. The lowest BCUT2D eigenvalue weighted by Gasteiger charge is -2.07. The van der Waals surface area contributed by atoms with Crippen molar-refractivity contribution in [1.82, 2.24) is 4.98 Å². The van der Waals surface area contributed by atoms with Crippen molar-refractivity contribution in [2.45, 2.75) is 90.9 Å². The molecule has 1 heterocycles. The van der Waals surface area contributed by atoms with Crippen LogP contribution in [0.25, 0.3) is 22.3 Å². The predicted octanol–water partition coefficient (Wildman–Crippen LogP) is 9.44. The molecule has 0 aliphatic heterocycles. The van der Waals surface area contributed by atoms with Crippen molar-refractivity contribution in [2.24, 2.45) is 0 Å². The van der Waals surface area contributed by atoms with Gasteiger partial charge in [0.1, 0.15) is 0 Å². The molecule has 0 radical (unpaired) electrons. The normalized spacial score (nSPS) is 11.1. The zero-order valence-electron chi connectivity index (χ0n) is 20.3. The van der Waals surface area contributed by atoms with E-state index in [0.29, 0.717) is 0 Å². The summed E-state index contributed by atoms with van der Waals surface area (Å²) >= 11 is 0. The number of nitrogens with zero attached hydrogens (tertiary/aromatic N) is 1. The van der Waals surface area contributed by atoms with Crippen molar-refractivity contribution in [3.63, 3.8) is 0 Å². The molecule has 3 aromatic rings. The van der Waals surface area contributed by atoms with Gasteiger partial charge >= 0.3 is 0 Å². The second-order valence-corrected chi connectivity index (χ2v) is 9.14. The Bertz CT molecular complexity index is 875. The van der Waals surface area contributed by atoms with E-state index in [-0.39, 0.29) is 0 Å². The Kier molecular flexibility index (Phi) is 10.5. The molecule has 1 nitrogen and oxygen atoms in total. The first kappa shape index (κ1) is 24.2. The minimum atomic E-state index is 1.10. The van der Waals surface area contributed by atoms with Crippen molar-refractivity contribution < 1.29 is 0 Å². The lowest BCUT2D eigenvalue weighted by molar-refractivity contribution is 0.605. The summed E-state index contributed by atoms with van der Waals surface area (Å²) < 4.78 is 0. The second kappa shape index (κ2) is 13.9. The highest BCUT2D eigenvalue weighted by Crippen LogP contribution is 2.25. The molecule has 0 saturated heterocycles. The number of pyridine rings is 1. The van der Waals surface area contributed by atoms with Gasteiger partial charge in [0.2, 0.25) is 0 Å². The third-order valence-electron chi connectivity index (χ3n) is 6.44. The van der Waals surface area contributed by atoms with E-state index in [4.69, 9.17) is 4.98 Å². The van der Waals surface area contributed by atoms with Gasteiger partial charge in [0.15, 0.2) is 0 Å². The Balaban J connectivity index is 1.50. The minimum Gasteiger partial charge on any atom is -0.261 e. The third-order valence-corrected chi connectivity index (χ3v) is 6.44. The van der Waals surface area contributed by atoms with Crippen LogP contribution in [0.5, 0.6) is 0 Å². The molecule has 2 aromatic carbocycles. The smallest absolute Gasteiger partial charge is 0.0404 e. The van der Waals surface area contributed by atoms with Gasteiger partial charge in [0, 0.05) is 17.5 Å². The maximum absolute atomic E-state index is 4.72. The van der Waals surface area contributed by atoms with E-state index in [1.807, 2.05) is 6.20 Å². The zero-order valence-corrected chi connectivity index (χ0v) is 20.3. The number of hydrogen-bond acceptors (Lipinski definition) is 1. The van der Waals surface area contributed by atoms with Crippen molar-refractivity contribution in [3.05, 3.63) is 78.1 Å². The van der Waals surface area contributed by atoms with E-state index in [2.05, 4.69) is 74.5 Å². The van der Waals surface area contributed by atoms with E-state index in [0.717, 1.165) is 6.42 Å². The first-order chi connectivity index (χ1) is 15.8. The molecule has 0 amide bonds. The van der Waals surface area contributed by atoms with Crippen LogP contribution in [-0.2, 0) is 12.8 Å². The Hall–Kier alpha value is -2.41. The van der Waals surface area contributed by atoms with E-state index in [1.54, 1.807) is 0 Å². The molecular formula is C31H41N. The highest BCUT2D eigenvalue weighted by molar-refractivity contribution is 5.70. The Morgan fingerprint density at radius 3 is 1.53 bits per heavy atom. The number of rotatable bonds is 14. The number of aromatic nitrogens is 1. The van der Waals surface area contributed by atoms with Crippen molar-refractivity contribution in [3.8, 4) is 22.3 Å². The van der Waals surface area contributed by atoms with Gasteiger partial charge < -0.3 is 0 Å². The number of benzene rings is 2. The number of aryl methyl sites for hydroxylation is 2. The van der Waals surface area contributed by atoms with Gasteiger partial charge in [-0.2, -0.15) is 0 Å². The van der Waals surface area contributed by atoms with Gasteiger partial charge in [0.25, 0.3) is 0 Å².